The minimum Gasteiger partial charge on any atom is -0.349 e. The Hall–Kier alpha value is -2.37. The van der Waals surface area contributed by atoms with E-state index in [1.54, 1.807) is 14.1 Å². The molecule has 1 rings (SSSR count). The molecule has 0 aromatic heterocycles. The quantitative estimate of drug-likeness (QED) is 0.799. The first-order valence-electron chi connectivity index (χ1n) is 6.69. The van der Waals surface area contributed by atoms with Crippen molar-refractivity contribution in [3.8, 4) is 0 Å². The molecule has 0 aliphatic carbocycles. The van der Waals surface area contributed by atoms with E-state index in [1.807, 2.05) is 30.3 Å². The average Bonchev–Trinajstić information content (AvgIpc) is 2.44. The van der Waals surface area contributed by atoms with Gasteiger partial charge in [0.25, 0.3) is 0 Å². The first-order chi connectivity index (χ1) is 9.90. The van der Waals surface area contributed by atoms with Crippen molar-refractivity contribution in [2.75, 3.05) is 20.6 Å². The van der Waals surface area contributed by atoms with Gasteiger partial charge in [0.1, 0.15) is 0 Å². The number of rotatable bonds is 6. The van der Waals surface area contributed by atoms with E-state index in [0.717, 1.165) is 5.56 Å². The van der Waals surface area contributed by atoms with E-state index in [4.69, 9.17) is 0 Å². The van der Waals surface area contributed by atoms with Gasteiger partial charge in [-0.25, -0.2) is 0 Å². The Labute approximate surface area is 124 Å². The van der Waals surface area contributed by atoms with Gasteiger partial charge in [-0.15, -0.1) is 0 Å². The summed E-state index contributed by atoms with van der Waals surface area (Å²) in [5.41, 5.74) is 0.849. The molecule has 114 valence electrons. The van der Waals surface area contributed by atoms with Crippen LogP contribution in [-0.2, 0) is 14.4 Å². The van der Waals surface area contributed by atoms with Crippen molar-refractivity contribution in [1.82, 2.24) is 15.5 Å². The Morgan fingerprint density at radius 2 is 1.76 bits per heavy atom. The van der Waals surface area contributed by atoms with Gasteiger partial charge in [-0.3, -0.25) is 14.4 Å². The summed E-state index contributed by atoms with van der Waals surface area (Å²) in [5.74, 6) is -0.673. The fourth-order valence-electron chi connectivity index (χ4n) is 1.77. The number of benzene rings is 1. The molecule has 21 heavy (non-hydrogen) atoms. The normalized spacial score (nSPS) is 11.4. The molecule has 0 spiro atoms. The first kappa shape index (κ1) is 16.7. The second kappa shape index (κ2) is 8.04. The summed E-state index contributed by atoms with van der Waals surface area (Å²) in [7, 11) is 3.25. The Morgan fingerprint density at radius 1 is 1.14 bits per heavy atom. The van der Waals surface area contributed by atoms with Crippen LogP contribution in [0, 0.1) is 0 Å². The monoisotopic (exact) mass is 291 g/mol. The van der Waals surface area contributed by atoms with Crippen molar-refractivity contribution < 1.29 is 14.4 Å². The molecular weight excluding hydrogens is 270 g/mol. The van der Waals surface area contributed by atoms with Gasteiger partial charge in [0, 0.05) is 21.0 Å². The molecule has 6 nitrogen and oxygen atoms in total. The van der Waals surface area contributed by atoms with E-state index in [9.17, 15) is 14.4 Å². The molecule has 0 aliphatic heterocycles. The summed E-state index contributed by atoms with van der Waals surface area (Å²) >= 11 is 0. The fraction of sp³-hybridized carbons (Fsp3) is 0.400. The molecule has 0 saturated heterocycles. The topological polar surface area (TPSA) is 78.5 Å². The standard InChI is InChI=1S/C15H21N3O3/c1-11(19)17-13(12-7-5-4-6-8-12)9-14(20)16-10-15(21)18(2)3/h4-8,13H,9-10H2,1-3H3,(H,16,20)(H,17,19)/t13-/m0/s1. The van der Waals surface area contributed by atoms with E-state index in [2.05, 4.69) is 10.6 Å². The highest BCUT2D eigenvalue weighted by Gasteiger charge is 2.17. The maximum absolute atomic E-state index is 11.9. The summed E-state index contributed by atoms with van der Waals surface area (Å²) in [6.45, 7) is 1.36. The van der Waals surface area contributed by atoms with Crippen molar-refractivity contribution in [1.29, 1.82) is 0 Å². The number of hydrogen-bond donors (Lipinski definition) is 2. The van der Waals surface area contributed by atoms with E-state index in [-0.39, 0.29) is 30.7 Å². The van der Waals surface area contributed by atoms with Crippen molar-refractivity contribution in [3.05, 3.63) is 35.9 Å². The lowest BCUT2D eigenvalue weighted by molar-refractivity contribution is -0.131. The lowest BCUT2D eigenvalue weighted by atomic mass is 10.0. The van der Waals surface area contributed by atoms with Crippen LogP contribution in [-0.4, -0.2) is 43.3 Å². The highest BCUT2D eigenvalue weighted by atomic mass is 16.2. The molecule has 1 aromatic carbocycles. The largest absolute Gasteiger partial charge is 0.349 e. The molecule has 2 N–H and O–H groups in total. The predicted octanol–water partition coefficient (Wildman–Crippen LogP) is 0.458. The fourth-order valence-corrected chi connectivity index (χ4v) is 1.77. The highest BCUT2D eigenvalue weighted by molar-refractivity contribution is 5.85. The lowest BCUT2D eigenvalue weighted by Gasteiger charge is -2.18. The van der Waals surface area contributed by atoms with E-state index >= 15 is 0 Å². The molecule has 0 radical (unpaired) electrons. The third-order valence-corrected chi connectivity index (χ3v) is 2.90. The Balaban J connectivity index is 2.63. The van der Waals surface area contributed by atoms with Crippen LogP contribution in [0.15, 0.2) is 30.3 Å². The maximum Gasteiger partial charge on any atom is 0.241 e. The van der Waals surface area contributed by atoms with Crippen LogP contribution >= 0.6 is 0 Å². The maximum atomic E-state index is 11.9. The Kier molecular flexibility index (Phi) is 6.39. The molecule has 0 fully saturated rings. The number of hydrogen-bond acceptors (Lipinski definition) is 3. The van der Waals surface area contributed by atoms with Crippen molar-refractivity contribution in [3.63, 3.8) is 0 Å². The van der Waals surface area contributed by atoms with Crippen LogP contribution in [0.2, 0.25) is 0 Å². The number of carbonyl (C=O) groups is 3. The van der Waals surface area contributed by atoms with Gasteiger partial charge >= 0.3 is 0 Å². The van der Waals surface area contributed by atoms with Crippen LogP contribution in [0.4, 0.5) is 0 Å². The summed E-state index contributed by atoms with van der Waals surface area (Å²) in [6, 6.07) is 8.84. The smallest absolute Gasteiger partial charge is 0.241 e. The molecule has 0 aliphatic rings. The molecule has 0 bridgehead atoms. The van der Waals surface area contributed by atoms with Gasteiger partial charge < -0.3 is 15.5 Å². The van der Waals surface area contributed by atoms with Crippen molar-refractivity contribution >= 4 is 17.7 Å². The molecule has 1 aromatic rings. The SMILES string of the molecule is CC(=O)N[C@@H](CC(=O)NCC(=O)N(C)C)c1ccccc1. The van der Waals surface area contributed by atoms with Crippen LogP contribution in [0.1, 0.15) is 24.9 Å². The Morgan fingerprint density at radius 3 is 2.29 bits per heavy atom. The minimum absolute atomic E-state index is 0.0482. The number of likely N-dealkylation sites (N-methyl/N-ethyl adjacent to an activating group) is 1. The van der Waals surface area contributed by atoms with Gasteiger partial charge in [-0.05, 0) is 5.56 Å². The van der Waals surface area contributed by atoms with E-state index < -0.39 is 6.04 Å². The Bertz CT molecular complexity index is 500. The zero-order valence-corrected chi connectivity index (χ0v) is 12.6. The van der Waals surface area contributed by atoms with Gasteiger partial charge in [-0.2, -0.15) is 0 Å². The van der Waals surface area contributed by atoms with Gasteiger partial charge in [0.05, 0.1) is 19.0 Å². The molecule has 3 amide bonds. The summed E-state index contributed by atoms with van der Waals surface area (Å²) in [4.78, 5) is 36.0. The second-order valence-electron chi connectivity index (χ2n) is 4.93. The summed E-state index contributed by atoms with van der Waals surface area (Å²) in [5, 5.41) is 5.30. The van der Waals surface area contributed by atoms with Crippen LogP contribution < -0.4 is 10.6 Å². The lowest BCUT2D eigenvalue weighted by Crippen LogP contribution is -2.38. The number of nitrogens with zero attached hydrogens (tertiary/aromatic N) is 1. The van der Waals surface area contributed by atoms with Gasteiger partial charge in [0.15, 0.2) is 0 Å². The van der Waals surface area contributed by atoms with Crippen molar-refractivity contribution in [2.45, 2.75) is 19.4 Å². The summed E-state index contributed by atoms with van der Waals surface area (Å²) < 4.78 is 0. The number of nitrogens with one attached hydrogen (secondary N) is 2. The highest BCUT2D eigenvalue weighted by Crippen LogP contribution is 2.16. The number of amides is 3. The third-order valence-electron chi connectivity index (χ3n) is 2.90. The molecule has 6 heteroatoms. The molecule has 0 unspecified atom stereocenters. The third kappa shape index (κ3) is 6.07. The summed E-state index contributed by atoms with van der Waals surface area (Å²) in [6.07, 6.45) is 0.0876. The van der Waals surface area contributed by atoms with Crippen LogP contribution in [0.5, 0.6) is 0 Å². The van der Waals surface area contributed by atoms with Gasteiger partial charge in [-0.1, -0.05) is 30.3 Å². The zero-order valence-electron chi connectivity index (χ0n) is 12.6. The van der Waals surface area contributed by atoms with E-state index in [0.29, 0.717) is 0 Å². The van der Waals surface area contributed by atoms with Crippen LogP contribution in [0.25, 0.3) is 0 Å². The first-order valence-corrected chi connectivity index (χ1v) is 6.69. The average molecular weight is 291 g/mol. The number of carbonyl (C=O) groups excluding carboxylic acids is 3. The zero-order chi connectivity index (χ0) is 15.8. The van der Waals surface area contributed by atoms with E-state index in [1.165, 1.54) is 11.8 Å². The molecule has 0 heterocycles. The van der Waals surface area contributed by atoms with Gasteiger partial charge in [0.2, 0.25) is 17.7 Å². The molecule has 0 saturated carbocycles. The second-order valence-corrected chi connectivity index (χ2v) is 4.93. The predicted molar refractivity (Wildman–Crippen MR) is 79.3 cm³/mol. The van der Waals surface area contributed by atoms with Crippen LogP contribution in [0.3, 0.4) is 0 Å². The minimum atomic E-state index is -0.404. The molecular formula is C15H21N3O3. The molecule has 1 atom stereocenters. The van der Waals surface area contributed by atoms with Crippen molar-refractivity contribution in [2.24, 2.45) is 0 Å².